The van der Waals surface area contributed by atoms with E-state index in [0.29, 0.717) is 59.2 Å². The summed E-state index contributed by atoms with van der Waals surface area (Å²) in [4.78, 5) is 27.0. The van der Waals surface area contributed by atoms with Crippen LogP contribution in [0, 0.1) is 13.8 Å². The number of nitrogens with zero attached hydrogens (tertiary/aromatic N) is 5. The molecule has 192 valence electrons. The summed E-state index contributed by atoms with van der Waals surface area (Å²) in [5.74, 6) is 0.284. The first-order valence-electron chi connectivity index (χ1n) is 12.0. The number of sulfonamides is 1. The van der Waals surface area contributed by atoms with Crippen LogP contribution in [0.2, 0.25) is 5.02 Å². The molecule has 0 bridgehead atoms. The second-order valence-corrected chi connectivity index (χ2v) is 11.5. The Labute approximate surface area is 220 Å². The molecule has 5 rings (SSSR count). The summed E-state index contributed by atoms with van der Waals surface area (Å²) in [6.45, 7) is 5.66. The predicted octanol–water partition coefficient (Wildman–Crippen LogP) is 3.03. The Bertz CT molecular complexity index is 1650. The van der Waals surface area contributed by atoms with Crippen LogP contribution in [0.5, 0.6) is 0 Å². The average molecular weight is 539 g/mol. The lowest BCUT2D eigenvalue weighted by Gasteiger charge is -2.26. The van der Waals surface area contributed by atoms with Crippen LogP contribution < -0.4 is 10.9 Å². The second kappa shape index (κ2) is 10.3. The summed E-state index contributed by atoms with van der Waals surface area (Å²) in [7, 11) is -3.55. The highest BCUT2D eigenvalue weighted by molar-refractivity contribution is 7.89. The highest BCUT2D eigenvalue weighted by atomic mass is 35.5. The Morgan fingerprint density at radius 2 is 1.81 bits per heavy atom. The average Bonchev–Trinajstić information content (AvgIpc) is 2.88. The molecule has 9 nitrogen and oxygen atoms in total. The van der Waals surface area contributed by atoms with Crippen LogP contribution in [0.15, 0.2) is 53.5 Å². The minimum Gasteiger partial charge on any atom is -0.314 e. The highest BCUT2D eigenvalue weighted by Crippen LogP contribution is 2.31. The zero-order valence-electron chi connectivity index (χ0n) is 20.6. The molecule has 0 atom stereocenters. The van der Waals surface area contributed by atoms with Crippen molar-refractivity contribution in [2.75, 3.05) is 31.9 Å². The van der Waals surface area contributed by atoms with Crippen molar-refractivity contribution in [1.82, 2.24) is 29.1 Å². The van der Waals surface area contributed by atoms with E-state index in [-0.39, 0.29) is 17.9 Å². The van der Waals surface area contributed by atoms with Crippen molar-refractivity contribution in [3.63, 3.8) is 0 Å². The van der Waals surface area contributed by atoms with Crippen molar-refractivity contribution in [3.8, 4) is 22.4 Å². The number of aryl methyl sites for hydroxylation is 3. The van der Waals surface area contributed by atoms with Gasteiger partial charge >= 0.3 is 0 Å². The minimum atomic E-state index is -3.55. The summed E-state index contributed by atoms with van der Waals surface area (Å²) in [5.41, 5.74) is 3.45. The number of rotatable bonds is 6. The van der Waals surface area contributed by atoms with E-state index in [9.17, 15) is 13.2 Å². The number of benzene rings is 1. The fourth-order valence-electron chi connectivity index (χ4n) is 4.50. The van der Waals surface area contributed by atoms with Gasteiger partial charge in [0.25, 0.3) is 5.56 Å². The van der Waals surface area contributed by atoms with E-state index in [4.69, 9.17) is 11.6 Å². The van der Waals surface area contributed by atoms with Gasteiger partial charge in [-0.15, -0.1) is 0 Å². The molecule has 1 N–H and O–H groups in total. The van der Waals surface area contributed by atoms with Gasteiger partial charge in [0.2, 0.25) is 10.0 Å². The maximum absolute atomic E-state index is 13.8. The Morgan fingerprint density at radius 3 is 2.54 bits per heavy atom. The lowest BCUT2D eigenvalue weighted by Crippen LogP contribution is -2.47. The molecule has 4 aromatic rings. The quantitative estimate of drug-likeness (QED) is 0.402. The van der Waals surface area contributed by atoms with Gasteiger partial charge in [0.15, 0.2) is 0 Å². The summed E-state index contributed by atoms with van der Waals surface area (Å²) in [6, 6.07) is 12.9. The second-order valence-electron chi connectivity index (χ2n) is 9.03. The smallest absolute Gasteiger partial charge is 0.260 e. The number of piperazine rings is 1. The predicted molar refractivity (Wildman–Crippen MR) is 145 cm³/mol. The number of pyridine rings is 2. The molecule has 3 aromatic heterocycles. The van der Waals surface area contributed by atoms with Crippen LogP contribution in [-0.4, -0.2) is 64.2 Å². The third-order valence-corrected chi connectivity index (χ3v) is 8.60. The van der Waals surface area contributed by atoms with Crippen LogP contribution in [-0.2, 0) is 16.6 Å². The molecule has 0 amide bonds. The Balaban J connectivity index is 1.57. The number of aromatic nitrogens is 4. The van der Waals surface area contributed by atoms with Crippen molar-refractivity contribution < 1.29 is 8.42 Å². The van der Waals surface area contributed by atoms with Gasteiger partial charge in [0.05, 0.1) is 11.4 Å². The van der Waals surface area contributed by atoms with Gasteiger partial charge in [-0.25, -0.2) is 18.4 Å². The van der Waals surface area contributed by atoms with E-state index in [2.05, 4.69) is 20.3 Å². The monoisotopic (exact) mass is 538 g/mol. The van der Waals surface area contributed by atoms with Gasteiger partial charge in [0.1, 0.15) is 11.5 Å². The van der Waals surface area contributed by atoms with E-state index >= 15 is 0 Å². The fourth-order valence-corrected chi connectivity index (χ4v) is 6.19. The maximum Gasteiger partial charge on any atom is 0.260 e. The molecule has 11 heteroatoms. The third-order valence-electron chi connectivity index (χ3n) is 6.43. The first-order valence-corrected chi connectivity index (χ1v) is 14.0. The molecule has 4 heterocycles. The number of hydrogen-bond acceptors (Lipinski definition) is 7. The summed E-state index contributed by atoms with van der Waals surface area (Å²) >= 11 is 6.69. The molecule has 1 aliphatic heterocycles. The Kier molecular flexibility index (Phi) is 7.09. The molecular formula is C26H27ClN6O3S. The summed E-state index contributed by atoms with van der Waals surface area (Å²) in [5, 5.41) is 4.17. The normalized spacial score (nSPS) is 14.8. The standard InChI is InChI=1S/C26H27ClN6O3S/c1-17-4-3-5-24(30-17)19-6-7-21(23(27)15-19)22-14-20-16-29-18(2)31-25(20)33(26(22)34)12-13-37(35,36)32-10-8-28-9-11-32/h3-7,14-16,28H,8-13H2,1-2H3. The van der Waals surface area contributed by atoms with E-state index in [0.717, 1.165) is 17.0 Å². The lowest BCUT2D eigenvalue weighted by atomic mass is 10.0. The SMILES string of the molecule is Cc1cccc(-c2ccc(-c3cc4cnc(C)nc4n(CCS(=O)(=O)N4CCNCC4)c3=O)c(Cl)c2)n1. The van der Waals surface area contributed by atoms with Crippen LogP contribution in [0.3, 0.4) is 0 Å². The third kappa shape index (κ3) is 5.28. The molecule has 0 spiro atoms. The molecule has 0 radical (unpaired) electrons. The van der Waals surface area contributed by atoms with Gasteiger partial charge < -0.3 is 5.32 Å². The largest absolute Gasteiger partial charge is 0.314 e. The fraction of sp³-hybridized carbons (Fsp3) is 0.308. The van der Waals surface area contributed by atoms with E-state index in [1.54, 1.807) is 31.3 Å². The van der Waals surface area contributed by atoms with Crippen LogP contribution >= 0.6 is 11.6 Å². The number of nitrogens with one attached hydrogen (secondary N) is 1. The van der Waals surface area contributed by atoms with Crippen molar-refractivity contribution >= 4 is 32.7 Å². The zero-order valence-corrected chi connectivity index (χ0v) is 22.2. The van der Waals surface area contributed by atoms with Crippen molar-refractivity contribution in [1.29, 1.82) is 0 Å². The molecular weight excluding hydrogens is 512 g/mol. The number of halogens is 1. The van der Waals surface area contributed by atoms with Crippen molar-refractivity contribution in [2.24, 2.45) is 0 Å². The van der Waals surface area contributed by atoms with Crippen molar-refractivity contribution in [2.45, 2.75) is 20.4 Å². The summed E-state index contributed by atoms with van der Waals surface area (Å²) in [6.07, 6.45) is 1.64. The van der Waals surface area contributed by atoms with Gasteiger partial charge in [-0.1, -0.05) is 29.8 Å². The topological polar surface area (TPSA) is 110 Å². The number of fused-ring (bicyclic) bond motifs is 1. The molecule has 1 fully saturated rings. The van der Waals surface area contributed by atoms with Crippen molar-refractivity contribution in [3.05, 3.63) is 75.6 Å². The molecule has 0 aliphatic carbocycles. The Hall–Kier alpha value is -3.18. The molecule has 1 aromatic carbocycles. The zero-order chi connectivity index (χ0) is 26.2. The van der Waals surface area contributed by atoms with E-state index in [1.807, 2.05) is 31.2 Å². The van der Waals surface area contributed by atoms with Gasteiger partial charge in [0, 0.05) is 71.7 Å². The first-order chi connectivity index (χ1) is 17.7. The molecule has 0 unspecified atom stereocenters. The van der Waals surface area contributed by atoms with Crippen LogP contribution in [0.1, 0.15) is 11.5 Å². The van der Waals surface area contributed by atoms with Crippen LogP contribution in [0.4, 0.5) is 0 Å². The highest BCUT2D eigenvalue weighted by Gasteiger charge is 2.25. The number of hydrogen-bond donors (Lipinski definition) is 1. The van der Waals surface area contributed by atoms with Gasteiger partial charge in [-0.05, 0) is 38.1 Å². The van der Waals surface area contributed by atoms with E-state index in [1.165, 1.54) is 8.87 Å². The molecule has 1 saturated heterocycles. The molecule has 0 saturated carbocycles. The minimum absolute atomic E-state index is 0.0329. The molecule has 37 heavy (non-hydrogen) atoms. The lowest BCUT2D eigenvalue weighted by molar-refractivity contribution is 0.359. The maximum atomic E-state index is 13.8. The van der Waals surface area contributed by atoms with Gasteiger partial charge in [-0.3, -0.25) is 14.3 Å². The summed E-state index contributed by atoms with van der Waals surface area (Å²) < 4.78 is 28.9. The molecule has 1 aliphatic rings. The first kappa shape index (κ1) is 25.5. The van der Waals surface area contributed by atoms with E-state index < -0.39 is 10.0 Å². The Morgan fingerprint density at radius 1 is 1.03 bits per heavy atom. The van der Waals surface area contributed by atoms with Crippen LogP contribution in [0.25, 0.3) is 33.4 Å². The van der Waals surface area contributed by atoms with Gasteiger partial charge in [-0.2, -0.15) is 4.31 Å².